The molecule has 94 valence electrons. The highest BCUT2D eigenvalue weighted by molar-refractivity contribution is 5.80. The third kappa shape index (κ3) is 2.01. The standard InChI is InChI=1S/C14H16N2O2/c1-14(2,13(17)18)11-6-4-10(5-7-11)12-8-15-9-16(12)3/h4-9H,1-3H3,(H,17,18). The topological polar surface area (TPSA) is 55.1 Å². The smallest absolute Gasteiger partial charge is 0.313 e. The van der Waals surface area contributed by atoms with Crippen molar-refractivity contribution in [3.63, 3.8) is 0 Å². The van der Waals surface area contributed by atoms with Gasteiger partial charge in [0.05, 0.1) is 23.6 Å². The van der Waals surface area contributed by atoms with Crippen molar-refractivity contribution in [3.8, 4) is 11.3 Å². The van der Waals surface area contributed by atoms with Crippen LogP contribution >= 0.6 is 0 Å². The molecule has 0 aliphatic carbocycles. The van der Waals surface area contributed by atoms with Crippen LogP contribution in [0.2, 0.25) is 0 Å². The normalized spacial score (nSPS) is 11.5. The molecule has 1 aromatic heterocycles. The van der Waals surface area contributed by atoms with Crippen LogP contribution in [0.15, 0.2) is 36.8 Å². The lowest BCUT2D eigenvalue weighted by Crippen LogP contribution is -2.28. The number of hydrogen-bond donors (Lipinski definition) is 1. The monoisotopic (exact) mass is 244 g/mol. The largest absolute Gasteiger partial charge is 0.481 e. The fourth-order valence-corrected chi connectivity index (χ4v) is 1.82. The van der Waals surface area contributed by atoms with Crippen LogP contribution in [0, 0.1) is 0 Å². The van der Waals surface area contributed by atoms with Crippen LogP contribution in [0.4, 0.5) is 0 Å². The summed E-state index contributed by atoms with van der Waals surface area (Å²) >= 11 is 0. The summed E-state index contributed by atoms with van der Waals surface area (Å²) in [5.41, 5.74) is 1.96. The Morgan fingerprint density at radius 2 is 1.89 bits per heavy atom. The molecule has 0 atom stereocenters. The molecule has 18 heavy (non-hydrogen) atoms. The Kier molecular flexibility index (Phi) is 2.95. The fraction of sp³-hybridized carbons (Fsp3) is 0.286. The van der Waals surface area contributed by atoms with Gasteiger partial charge >= 0.3 is 5.97 Å². The Morgan fingerprint density at radius 1 is 1.28 bits per heavy atom. The number of aliphatic carboxylic acids is 1. The Hall–Kier alpha value is -2.10. The average molecular weight is 244 g/mol. The van der Waals surface area contributed by atoms with Crippen molar-refractivity contribution < 1.29 is 9.90 Å². The van der Waals surface area contributed by atoms with Gasteiger partial charge in [-0.1, -0.05) is 24.3 Å². The maximum absolute atomic E-state index is 11.2. The van der Waals surface area contributed by atoms with Crippen LogP contribution in [0.25, 0.3) is 11.3 Å². The summed E-state index contributed by atoms with van der Waals surface area (Å²) < 4.78 is 1.93. The van der Waals surface area contributed by atoms with E-state index in [9.17, 15) is 9.90 Å². The van der Waals surface area contributed by atoms with Gasteiger partial charge in [0.2, 0.25) is 0 Å². The first-order valence-corrected chi connectivity index (χ1v) is 5.73. The summed E-state index contributed by atoms with van der Waals surface area (Å²) in [5, 5.41) is 9.18. The van der Waals surface area contributed by atoms with Crippen LogP contribution in [0.5, 0.6) is 0 Å². The first-order valence-electron chi connectivity index (χ1n) is 5.73. The van der Waals surface area contributed by atoms with E-state index in [2.05, 4.69) is 4.98 Å². The minimum atomic E-state index is -0.870. The number of imidazole rings is 1. The molecule has 4 heteroatoms. The number of aromatic nitrogens is 2. The van der Waals surface area contributed by atoms with Crippen molar-refractivity contribution in [1.82, 2.24) is 9.55 Å². The van der Waals surface area contributed by atoms with E-state index in [4.69, 9.17) is 0 Å². The van der Waals surface area contributed by atoms with E-state index in [1.54, 1.807) is 26.4 Å². The average Bonchev–Trinajstić information content (AvgIpc) is 2.75. The van der Waals surface area contributed by atoms with Gasteiger partial charge in [-0.05, 0) is 25.0 Å². The number of carboxylic acids is 1. The third-order valence-corrected chi connectivity index (χ3v) is 3.25. The molecular weight excluding hydrogens is 228 g/mol. The summed E-state index contributed by atoms with van der Waals surface area (Å²) in [6.45, 7) is 3.41. The minimum absolute atomic E-state index is 0.793. The number of nitrogens with zero attached hydrogens (tertiary/aromatic N) is 2. The van der Waals surface area contributed by atoms with Crippen LogP contribution in [-0.4, -0.2) is 20.6 Å². The quantitative estimate of drug-likeness (QED) is 0.902. The van der Waals surface area contributed by atoms with E-state index in [1.807, 2.05) is 35.9 Å². The van der Waals surface area contributed by atoms with Gasteiger partial charge in [-0.3, -0.25) is 4.79 Å². The zero-order valence-electron chi connectivity index (χ0n) is 10.7. The predicted octanol–water partition coefficient (Wildman–Crippen LogP) is 2.45. The first-order chi connectivity index (χ1) is 8.43. The molecule has 0 amide bonds. The molecule has 0 bridgehead atoms. The maximum atomic E-state index is 11.2. The lowest BCUT2D eigenvalue weighted by atomic mass is 9.84. The molecule has 0 radical (unpaired) electrons. The Morgan fingerprint density at radius 3 is 2.33 bits per heavy atom. The van der Waals surface area contributed by atoms with Crippen LogP contribution in [0.1, 0.15) is 19.4 Å². The highest BCUT2D eigenvalue weighted by Crippen LogP contribution is 2.26. The van der Waals surface area contributed by atoms with E-state index < -0.39 is 11.4 Å². The van der Waals surface area contributed by atoms with E-state index >= 15 is 0 Å². The van der Waals surface area contributed by atoms with Crippen molar-refractivity contribution in [2.75, 3.05) is 0 Å². The van der Waals surface area contributed by atoms with Crippen LogP contribution in [-0.2, 0) is 17.3 Å². The van der Waals surface area contributed by atoms with E-state index in [1.165, 1.54) is 0 Å². The second-order valence-electron chi connectivity index (χ2n) is 4.90. The molecule has 0 saturated carbocycles. The highest BCUT2D eigenvalue weighted by Gasteiger charge is 2.29. The number of carboxylic acid groups (broad SMARTS) is 1. The lowest BCUT2D eigenvalue weighted by Gasteiger charge is -2.19. The van der Waals surface area contributed by atoms with E-state index in [0.717, 1.165) is 16.8 Å². The minimum Gasteiger partial charge on any atom is -0.481 e. The molecule has 0 fully saturated rings. The zero-order chi connectivity index (χ0) is 13.3. The molecule has 1 N–H and O–H groups in total. The third-order valence-electron chi connectivity index (χ3n) is 3.25. The fourth-order valence-electron chi connectivity index (χ4n) is 1.82. The van der Waals surface area contributed by atoms with Crippen molar-refractivity contribution in [2.45, 2.75) is 19.3 Å². The zero-order valence-corrected chi connectivity index (χ0v) is 10.7. The Bertz CT molecular complexity index is 568. The second-order valence-corrected chi connectivity index (χ2v) is 4.90. The molecule has 1 aromatic carbocycles. The first kappa shape index (κ1) is 12.4. The Labute approximate surface area is 106 Å². The van der Waals surface area contributed by atoms with E-state index in [0.29, 0.717) is 0 Å². The highest BCUT2D eigenvalue weighted by atomic mass is 16.4. The SMILES string of the molecule is Cn1cncc1-c1ccc(C(C)(C)C(=O)O)cc1. The van der Waals surface area contributed by atoms with Gasteiger partial charge in [0, 0.05) is 7.05 Å². The number of aryl methyl sites for hydroxylation is 1. The molecule has 2 aromatic rings. The number of benzene rings is 1. The molecule has 0 unspecified atom stereocenters. The van der Waals surface area contributed by atoms with Crippen molar-refractivity contribution in [3.05, 3.63) is 42.4 Å². The number of rotatable bonds is 3. The van der Waals surface area contributed by atoms with Crippen molar-refractivity contribution in [1.29, 1.82) is 0 Å². The molecule has 0 aliphatic heterocycles. The summed E-state index contributed by atoms with van der Waals surface area (Å²) in [4.78, 5) is 15.2. The molecule has 4 nitrogen and oxygen atoms in total. The van der Waals surface area contributed by atoms with Gasteiger partial charge in [-0.15, -0.1) is 0 Å². The van der Waals surface area contributed by atoms with Gasteiger partial charge in [-0.25, -0.2) is 4.98 Å². The predicted molar refractivity (Wildman–Crippen MR) is 69.3 cm³/mol. The summed E-state index contributed by atoms with van der Waals surface area (Å²) in [6.07, 6.45) is 3.53. The Balaban J connectivity index is 2.37. The summed E-state index contributed by atoms with van der Waals surface area (Å²) in [5.74, 6) is -0.823. The lowest BCUT2D eigenvalue weighted by molar-refractivity contribution is -0.142. The molecular formula is C14H16N2O2. The van der Waals surface area contributed by atoms with Crippen molar-refractivity contribution in [2.24, 2.45) is 7.05 Å². The van der Waals surface area contributed by atoms with Crippen LogP contribution < -0.4 is 0 Å². The van der Waals surface area contributed by atoms with Crippen molar-refractivity contribution >= 4 is 5.97 Å². The van der Waals surface area contributed by atoms with Gasteiger partial charge in [-0.2, -0.15) is 0 Å². The summed E-state index contributed by atoms with van der Waals surface area (Å²) in [6, 6.07) is 7.57. The van der Waals surface area contributed by atoms with Crippen LogP contribution in [0.3, 0.4) is 0 Å². The molecule has 2 rings (SSSR count). The van der Waals surface area contributed by atoms with Gasteiger partial charge in [0.15, 0.2) is 0 Å². The van der Waals surface area contributed by atoms with Gasteiger partial charge in [0.1, 0.15) is 0 Å². The number of hydrogen-bond acceptors (Lipinski definition) is 2. The second kappa shape index (κ2) is 4.29. The molecule has 0 aliphatic rings. The maximum Gasteiger partial charge on any atom is 0.313 e. The van der Waals surface area contributed by atoms with E-state index in [-0.39, 0.29) is 0 Å². The molecule has 0 saturated heterocycles. The number of carbonyl (C=O) groups is 1. The molecule has 1 heterocycles. The summed E-state index contributed by atoms with van der Waals surface area (Å²) in [7, 11) is 1.93. The van der Waals surface area contributed by atoms with Gasteiger partial charge in [0.25, 0.3) is 0 Å². The van der Waals surface area contributed by atoms with Gasteiger partial charge < -0.3 is 9.67 Å². The molecule has 0 spiro atoms.